The SMILES string of the molecule is COc1cccc2oc(=O)c(-c3ccccc3)c(OC)c12. The minimum absolute atomic E-state index is 0.398. The van der Waals surface area contributed by atoms with Crippen LogP contribution < -0.4 is 15.1 Å². The third-order valence-corrected chi connectivity index (χ3v) is 3.34. The lowest BCUT2D eigenvalue weighted by molar-refractivity contribution is 0.400. The second-order valence-electron chi connectivity index (χ2n) is 4.50. The maximum atomic E-state index is 12.3. The van der Waals surface area contributed by atoms with Crippen LogP contribution in [0.15, 0.2) is 57.7 Å². The number of benzene rings is 2. The number of ether oxygens (including phenoxy) is 2. The van der Waals surface area contributed by atoms with Crippen LogP contribution >= 0.6 is 0 Å². The van der Waals surface area contributed by atoms with Gasteiger partial charge < -0.3 is 13.9 Å². The zero-order valence-corrected chi connectivity index (χ0v) is 11.8. The molecule has 4 nitrogen and oxygen atoms in total. The molecule has 0 saturated carbocycles. The van der Waals surface area contributed by atoms with E-state index >= 15 is 0 Å². The summed E-state index contributed by atoms with van der Waals surface area (Å²) in [6.45, 7) is 0. The Morgan fingerprint density at radius 3 is 2.33 bits per heavy atom. The van der Waals surface area contributed by atoms with Crippen molar-refractivity contribution in [3.05, 3.63) is 59.0 Å². The fraction of sp³-hybridized carbons (Fsp3) is 0.118. The van der Waals surface area contributed by atoms with Gasteiger partial charge in [-0.3, -0.25) is 0 Å². The van der Waals surface area contributed by atoms with Gasteiger partial charge in [-0.15, -0.1) is 0 Å². The molecule has 3 rings (SSSR count). The average Bonchev–Trinajstić information content (AvgIpc) is 2.53. The molecule has 0 radical (unpaired) electrons. The van der Waals surface area contributed by atoms with E-state index < -0.39 is 5.63 Å². The van der Waals surface area contributed by atoms with Gasteiger partial charge in [0.1, 0.15) is 28.0 Å². The topological polar surface area (TPSA) is 48.7 Å². The molecule has 0 unspecified atom stereocenters. The molecule has 0 spiro atoms. The maximum Gasteiger partial charge on any atom is 0.347 e. The monoisotopic (exact) mass is 282 g/mol. The summed E-state index contributed by atoms with van der Waals surface area (Å²) in [6, 6.07) is 14.6. The molecule has 106 valence electrons. The highest BCUT2D eigenvalue weighted by Gasteiger charge is 2.19. The second-order valence-corrected chi connectivity index (χ2v) is 4.50. The first kappa shape index (κ1) is 13.2. The molecule has 1 aromatic heterocycles. The lowest BCUT2D eigenvalue weighted by Gasteiger charge is -2.12. The highest BCUT2D eigenvalue weighted by Crippen LogP contribution is 2.38. The van der Waals surface area contributed by atoms with E-state index in [0.717, 1.165) is 5.56 Å². The van der Waals surface area contributed by atoms with Gasteiger partial charge in [0, 0.05) is 0 Å². The number of hydrogen-bond acceptors (Lipinski definition) is 4. The molecule has 3 aromatic rings. The zero-order valence-electron chi connectivity index (χ0n) is 11.8. The predicted molar refractivity (Wildman–Crippen MR) is 81.0 cm³/mol. The summed E-state index contributed by atoms with van der Waals surface area (Å²) >= 11 is 0. The molecule has 0 amide bonds. The van der Waals surface area contributed by atoms with Gasteiger partial charge >= 0.3 is 5.63 Å². The third kappa shape index (κ3) is 2.14. The Morgan fingerprint density at radius 1 is 0.905 bits per heavy atom. The Bertz CT molecular complexity index is 835. The van der Waals surface area contributed by atoms with Crippen LogP contribution in [0.3, 0.4) is 0 Å². The van der Waals surface area contributed by atoms with Crippen LogP contribution in [0.2, 0.25) is 0 Å². The van der Waals surface area contributed by atoms with Crippen molar-refractivity contribution in [3.8, 4) is 22.6 Å². The van der Waals surface area contributed by atoms with Gasteiger partial charge in [-0.05, 0) is 17.7 Å². The van der Waals surface area contributed by atoms with Crippen molar-refractivity contribution in [2.24, 2.45) is 0 Å². The van der Waals surface area contributed by atoms with Crippen LogP contribution in [-0.2, 0) is 0 Å². The number of hydrogen-bond donors (Lipinski definition) is 0. The summed E-state index contributed by atoms with van der Waals surface area (Å²) in [5.74, 6) is 1.06. The smallest absolute Gasteiger partial charge is 0.347 e. The Labute approximate surface area is 121 Å². The molecule has 4 heteroatoms. The van der Waals surface area contributed by atoms with Crippen molar-refractivity contribution in [2.45, 2.75) is 0 Å². The average molecular weight is 282 g/mol. The van der Waals surface area contributed by atoms with Gasteiger partial charge in [0.25, 0.3) is 0 Å². The molecule has 1 heterocycles. The van der Waals surface area contributed by atoms with Crippen LogP contribution in [0, 0.1) is 0 Å². The molecule has 0 saturated heterocycles. The Kier molecular flexibility index (Phi) is 3.36. The molecule has 0 fully saturated rings. The largest absolute Gasteiger partial charge is 0.496 e. The Hall–Kier alpha value is -2.75. The van der Waals surface area contributed by atoms with Crippen molar-refractivity contribution >= 4 is 11.0 Å². The normalized spacial score (nSPS) is 10.6. The van der Waals surface area contributed by atoms with E-state index in [1.54, 1.807) is 25.3 Å². The quantitative estimate of drug-likeness (QED) is 0.690. The van der Waals surface area contributed by atoms with E-state index in [2.05, 4.69) is 0 Å². The summed E-state index contributed by atoms with van der Waals surface area (Å²) in [5, 5.41) is 0.654. The van der Waals surface area contributed by atoms with Crippen molar-refractivity contribution < 1.29 is 13.9 Å². The maximum absolute atomic E-state index is 12.3. The lowest BCUT2D eigenvalue weighted by atomic mass is 10.0. The zero-order chi connectivity index (χ0) is 14.8. The van der Waals surface area contributed by atoms with Gasteiger partial charge in [0.2, 0.25) is 0 Å². The number of methoxy groups -OCH3 is 2. The Morgan fingerprint density at radius 2 is 1.67 bits per heavy atom. The van der Waals surface area contributed by atoms with Gasteiger partial charge in [0.05, 0.1) is 14.2 Å². The summed E-state index contributed by atoms with van der Waals surface area (Å²) in [4.78, 5) is 12.3. The summed E-state index contributed by atoms with van der Waals surface area (Å²) < 4.78 is 16.3. The van der Waals surface area contributed by atoms with E-state index in [1.165, 1.54) is 7.11 Å². The predicted octanol–water partition coefficient (Wildman–Crippen LogP) is 3.48. The molecular weight excluding hydrogens is 268 g/mol. The molecule has 0 aliphatic heterocycles. The summed E-state index contributed by atoms with van der Waals surface area (Å²) in [6.07, 6.45) is 0. The summed E-state index contributed by atoms with van der Waals surface area (Å²) in [5.41, 5.74) is 1.15. The number of rotatable bonds is 3. The fourth-order valence-corrected chi connectivity index (χ4v) is 2.42. The summed E-state index contributed by atoms with van der Waals surface area (Å²) in [7, 11) is 3.11. The van der Waals surface area contributed by atoms with Gasteiger partial charge in [-0.1, -0.05) is 36.4 Å². The van der Waals surface area contributed by atoms with Crippen LogP contribution in [0.25, 0.3) is 22.1 Å². The van der Waals surface area contributed by atoms with E-state index in [4.69, 9.17) is 13.9 Å². The first-order chi connectivity index (χ1) is 10.3. The van der Waals surface area contributed by atoms with E-state index in [1.807, 2.05) is 30.3 Å². The van der Waals surface area contributed by atoms with Gasteiger partial charge in [-0.25, -0.2) is 4.79 Å². The highest BCUT2D eigenvalue weighted by atomic mass is 16.5. The van der Waals surface area contributed by atoms with E-state index in [0.29, 0.717) is 28.0 Å². The van der Waals surface area contributed by atoms with Crippen LogP contribution in [0.1, 0.15) is 0 Å². The molecule has 0 atom stereocenters. The van der Waals surface area contributed by atoms with Crippen molar-refractivity contribution in [1.82, 2.24) is 0 Å². The van der Waals surface area contributed by atoms with E-state index in [9.17, 15) is 4.79 Å². The highest BCUT2D eigenvalue weighted by molar-refractivity contribution is 5.95. The second kappa shape index (κ2) is 5.32. The van der Waals surface area contributed by atoms with E-state index in [-0.39, 0.29) is 0 Å². The first-order valence-electron chi connectivity index (χ1n) is 6.49. The Balaban J connectivity index is 2.45. The third-order valence-electron chi connectivity index (χ3n) is 3.34. The van der Waals surface area contributed by atoms with Crippen molar-refractivity contribution in [3.63, 3.8) is 0 Å². The van der Waals surface area contributed by atoms with Crippen LogP contribution in [0.4, 0.5) is 0 Å². The minimum Gasteiger partial charge on any atom is -0.496 e. The molecule has 0 aliphatic carbocycles. The van der Waals surface area contributed by atoms with Crippen molar-refractivity contribution in [1.29, 1.82) is 0 Å². The van der Waals surface area contributed by atoms with Crippen LogP contribution in [-0.4, -0.2) is 14.2 Å². The number of fused-ring (bicyclic) bond motifs is 1. The minimum atomic E-state index is -0.432. The first-order valence-corrected chi connectivity index (χ1v) is 6.49. The van der Waals surface area contributed by atoms with Gasteiger partial charge in [-0.2, -0.15) is 0 Å². The molecular formula is C17H14O4. The molecule has 0 aliphatic rings. The molecule has 2 aromatic carbocycles. The molecule has 21 heavy (non-hydrogen) atoms. The molecule has 0 N–H and O–H groups in total. The van der Waals surface area contributed by atoms with Gasteiger partial charge in [0.15, 0.2) is 0 Å². The van der Waals surface area contributed by atoms with Crippen LogP contribution in [0.5, 0.6) is 11.5 Å². The lowest BCUT2D eigenvalue weighted by Crippen LogP contribution is -2.06. The van der Waals surface area contributed by atoms with Crippen molar-refractivity contribution in [2.75, 3.05) is 14.2 Å². The fourth-order valence-electron chi connectivity index (χ4n) is 2.42. The molecule has 0 bridgehead atoms. The standard InChI is InChI=1S/C17H14O4/c1-19-12-9-6-10-13-15(12)16(20-2)14(17(18)21-13)11-7-4-3-5-8-11/h3-10H,1-2H3.